The SMILES string of the molecule is Cc1ccc([C@@H]2NCC[C@H]2NC(=O)OC(C)(C)C)cn1. The molecule has 110 valence electrons. The molecule has 0 aliphatic carbocycles. The predicted octanol–water partition coefficient (Wildman–Crippen LogP) is 2.32. The van der Waals surface area contributed by atoms with E-state index in [4.69, 9.17) is 4.74 Å². The lowest BCUT2D eigenvalue weighted by molar-refractivity contribution is 0.0500. The van der Waals surface area contributed by atoms with E-state index < -0.39 is 5.60 Å². The number of nitrogens with one attached hydrogen (secondary N) is 2. The van der Waals surface area contributed by atoms with Crippen molar-refractivity contribution in [1.82, 2.24) is 15.6 Å². The van der Waals surface area contributed by atoms with Gasteiger partial charge in [-0.2, -0.15) is 0 Å². The Kier molecular flexibility index (Phi) is 4.28. The molecule has 1 aromatic rings. The third-order valence-corrected chi connectivity index (χ3v) is 3.22. The van der Waals surface area contributed by atoms with Gasteiger partial charge < -0.3 is 15.4 Å². The fourth-order valence-corrected chi connectivity index (χ4v) is 2.33. The number of carbonyl (C=O) groups is 1. The number of amides is 1. The van der Waals surface area contributed by atoms with Gasteiger partial charge in [-0.15, -0.1) is 0 Å². The molecule has 5 nitrogen and oxygen atoms in total. The molecule has 0 radical (unpaired) electrons. The molecule has 0 bridgehead atoms. The van der Waals surface area contributed by atoms with Crippen LogP contribution in [0.1, 0.15) is 44.5 Å². The Morgan fingerprint density at radius 1 is 1.45 bits per heavy atom. The maximum absolute atomic E-state index is 11.9. The van der Waals surface area contributed by atoms with Crippen molar-refractivity contribution >= 4 is 6.09 Å². The van der Waals surface area contributed by atoms with Crippen LogP contribution in [0.15, 0.2) is 18.3 Å². The van der Waals surface area contributed by atoms with Crippen molar-refractivity contribution in [3.05, 3.63) is 29.6 Å². The maximum atomic E-state index is 11.9. The highest BCUT2D eigenvalue weighted by Crippen LogP contribution is 2.23. The zero-order valence-electron chi connectivity index (χ0n) is 12.6. The molecule has 2 heterocycles. The number of hydrogen-bond acceptors (Lipinski definition) is 4. The van der Waals surface area contributed by atoms with Gasteiger partial charge in [0, 0.05) is 11.9 Å². The average Bonchev–Trinajstić information content (AvgIpc) is 2.75. The number of ether oxygens (including phenoxy) is 1. The highest BCUT2D eigenvalue weighted by Gasteiger charge is 2.31. The van der Waals surface area contributed by atoms with Crippen LogP contribution in [-0.2, 0) is 4.74 Å². The van der Waals surface area contributed by atoms with Gasteiger partial charge in [-0.3, -0.25) is 4.98 Å². The van der Waals surface area contributed by atoms with E-state index in [1.807, 2.05) is 40.0 Å². The van der Waals surface area contributed by atoms with Crippen molar-refractivity contribution in [2.24, 2.45) is 0 Å². The number of pyridine rings is 1. The summed E-state index contributed by atoms with van der Waals surface area (Å²) in [5, 5.41) is 6.35. The molecular formula is C15H23N3O2. The van der Waals surface area contributed by atoms with Crippen LogP contribution in [0.3, 0.4) is 0 Å². The van der Waals surface area contributed by atoms with E-state index in [-0.39, 0.29) is 18.2 Å². The quantitative estimate of drug-likeness (QED) is 0.871. The van der Waals surface area contributed by atoms with Crippen LogP contribution >= 0.6 is 0 Å². The van der Waals surface area contributed by atoms with Gasteiger partial charge in [-0.1, -0.05) is 6.07 Å². The standard InChI is InChI=1S/C15H23N3O2/c1-10-5-6-11(9-17-10)13-12(7-8-16-13)18-14(19)20-15(2,3)4/h5-6,9,12-13,16H,7-8H2,1-4H3,(H,18,19)/t12-,13+/m1/s1. The van der Waals surface area contributed by atoms with Crippen LogP contribution in [0.5, 0.6) is 0 Å². The van der Waals surface area contributed by atoms with Crippen molar-refractivity contribution in [2.45, 2.75) is 51.8 Å². The Morgan fingerprint density at radius 2 is 2.20 bits per heavy atom. The van der Waals surface area contributed by atoms with Gasteiger partial charge in [0.15, 0.2) is 0 Å². The van der Waals surface area contributed by atoms with E-state index in [0.29, 0.717) is 0 Å². The molecule has 1 amide bonds. The number of hydrogen-bond donors (Lipinski definition) is 2. The number of rotatable bonds is 2. The molecule has 1 aliphatic heterocycles. The number of alkyl carbamates (subject to hydrolysis) is 1. The van der Waals surface area contributed by atoms with Crippen molar-refractivity contribution in [3.8, 4) is 0 Å². The van der Waals surface area contributed by atoms with E-state index in [1.165, 1.54) is 0 Å². The Bertz CT molecular complexity index is 465. The van der Waals surface area contributed by atoms with E-state index in [2.05, 4.69) is 21.7 Å². The van der Waals surface area contributed by atoms with Crippen molar-refractivity contribution < 1.29 is 9.53 Å². The second kappa shape index (κ2) is 5.79. The molecule has 0 saturated carbocycles. The third-order valence-electron chi connectivity index (χ3n) is 3.22. The van der Waals surface area contributed by atoms with Gasteiger partial charge in [0.05, 0.1) is 12.1 Å². The first-order valence-corrected chi connectivity index (χ1v) is 7.00. The largest absolute Gasteiger partial charge is 0.444 e. The summed E-state index contributed by atoms with van der Waals surface area (Å²) in [7, 11) is 0. The first-order chi connectivity index (χ1) is 9.35. The second-order valence-electron chi connectivity index (χ2n) is 6.21. The van der Waals surface area contributed by atoms with Gasteiger partial charge in [0.1, 0.15) is 5.60 Å². The lowest BCUT2D eigenvalue weighted by atomic mass is 10.0. The zero-order valence-corrected chi connectivity index (χ0v) is 12.6. The van der Waals surface area contributed by atoms with Crippen LogP contribution in [0, 0.1) is 6.92 Å². The van der Waals surface area contributed by atoms with Crippen LogP contribution < -0.4 is 10.6 Å². The minimum absolute atomic E-state index is 0.0364. The van der Waals surface area contributed by atoms with Gasteiger partial charge in [0.25, 0.3) is 0 Å². The summed E-state index contributed by atoms with van der Waals surface area (Å²) >= 11 is 0. The summed E-state index contributed by atoms with van der Waals surface area (Å²) in [5.41, 5.74) is 1.61. The molecule has 1 saturated heterocycles. The van der Waals surface area contributed by atoms with Gasteiger partial charge >= 0.3 is 6.09 Å². The molecule has 0 unspecified atom stereocenters. The average molecular weight is 277 g/mol. The van der Waals surface area contributed by atoms with E-state index in [9.17, 15) is 4.79 Å². The Morgan fingerprint density at radius 3 is 2.80 bits per heavy atom. The highest BCUT2D eigenvalue weighted by atomic mass is 16.6. The molecule has 1 aromatic heterocycles. The molecule has 2 N–H and O–H groups in total. The first kappa shape index (κ1) is 14.8. The topological polar surface area (TPSA) is 63.2 Å². The highest BCUT2D eigenvalue weighted by molar-refractivity contribution is 5.68. The molecule has 0 aromatic carbocycles. The third kappa shape index (κ3) is 3.93. The van der Waals surface area contributed by atoms with Gasteiger partial charge in [-0.25, -0.2) is 4.79 Å². The van der Waals surface area contributed by atoms with Gasteiger partial charge in [0.2, 0.25) is 0 Å². The Hall–Kier alpha value is -1.62. The summed E-state index contributed by atoms with van der Waals surface area (Å²) in [6.07, 6.45) is 2.39. The van der Waals surface area contributed by atoms with E-state index in [1.54, 1.807) is 0 Å². The van der Waals surface area contributed by atoms with Crippen molar-refractivity contribution in [1.29, 1.82) is 0 Å². The number of aryl methyl sites for hydroxylation is 1. The molecule has 20 heavy (non-hydrogen) atoms. The molecule has 0 spiro atoms. The summed E-state index contributed by atoms with van der Waals surface area (Å²) in [4.78, 5) is 16.2. The predicted molar refractivity (Wildman–Crippen MR) is 77.5 cm³/mol. The lowest BCUT2D eigenvalue weighted by Gasteiger charge is -2.24. The van der Waals surface area contributed by atoms with Crippen molar-refractivity contribution in [2.75, 3.05) is 6.54 Å². The molecular weight excluding hydrogens is 254 g/mol. The number of aromatic nitrogens is 1. The fourth-order valence-electron chi connectivity index (χ4n) is 2.33. The first-order valence-electron chi connectivity index (χ1n) is 7.00. The number of nitrogens with zero attached hydrogens (tertiary/aromatic N) is 1. The van der Waals surface area contributed by atoms with E-state index >= 15 is 0 Å². The molecule has 1 fully saturated rings. The second-order valence-corrected chi connectivity index (χ2v) is 6.21. The summed E-state index contributed by atoms with van der Waals surface area (Å²) in [6, 6.07) is 4.17. The van der Waals surface area contributed by atoms with Crippen LogP contribution in [-0.4, -0.2) is 29.3 Å². The maximum Gasteiger partial charge on any atom is 0.407 e. The Labute approximate surface area is 120 Å². The Balaban J connectivity index is 2.00. The van der Waals surface area contributed by atoms with Crippen LogP contribution in [0.4, 0.5) is 4.79 Å². The fraction of sp³-hybridized carbons (Fsp3) is 0.600. The van der Waals surface area contributed by atoms with E-state index in [0.717, 1.165) is 24.2 Å². The zero-order chi connectivity index (χ0) is 14.8. The molecule has 2 atom stereocenters. The smallest absolute Gasteiger partial charge is 0.407 e. The minimum Gasteiger partial charge on any atom is -0.444 e. The monoisotopic (exact) mass is 277 g/mol. The molecule has 2 rings (SSSR count). The lowest BCUT2D eigenvalue weighted by Crippen LogP contribution is -2.41. The van der Waals surface area contributed by atoms with Crippen molar-refractivity contribution in [3.63, 3.8) is 0 Å². The summed E-state index contributed by atoms with van der Waals surface area (Å²) < 4.78 is 5.31. The molecule has 1 aliphatic rings. The molecule has 5 heteroatoms. The van der Waals surface area contributed by atoms with Gasteiger partial charge in [-0.05, 0) is 52.3 Å². The minimum atomic E-state index is -0.475. The summed E-state index contributed by atoms with van der Waals surface area (Å²) in [6.45, 7) is 8.42. The van der Waals surface area contributed by atoms with Crippen LogP contribution in [0.25, 0.3) is 0 Å². The normalized spacial score (nSPS) is 22.6. The number of carbonyl (C=O) groups excluding carboxylic acids is 1. The van der Waals surface area contributed by atoms with Crippen LogP contribution in [0.2, 0.25) is 0 Å². The summed E-state index contributed by atoms with van der Waals surface area (Å²) in [5.74, 6) is 0.